The Balaban J connectivity index is 1.89. The van der Waals surface area contributed by atoms with Crippen molar-refractivity contribution in [1.29, 1.82) is 0 Å². The van der Waals surface area contributed by atoms with Gasteiger partial charge in [0.15, 0.2) is 11.9 Å². The lowest BCUT2D eigenvalue weighted by Gasteiger charge is -2.28. The Morgan fingerprint density at radius 2 is 1.80 bits per heavy atom. The minimum Gasteiger partial charge on any atom is -0.504 e. The van der Waals surface area contributed by atoms with Crippen LogP contribution in [0.2, 0.25) is 0 Å². The number of ether oxygens (including phenoxy) is 1. The van der Waals surface area contributed by atoms with Crippen LogP contribution >= 0.6 is 0 Å². The minimum atomic E-state index is -4.47. The van der Waals surface area contributed by atoms with Crippen molar-refractivity contribution in [3.8, 4) is 0 Å². The van der Waals surface area contributed by atoms with E-state index in [0.29, 0.717) is 0 Å². The topological polar surface area (TPSA) is 63.6 Å². The fraction of sp³-hybridized carbons (Fsp3) is 0.444. The highest BCUT2D eigenvalue weighted by Crippen LogP contribution is 2.48. The molecule has 2 atom stereocenters. The average Bonchev–Trinajstić information content (AvgIpc) is 3.38. The Kier molecular flexibility index (Phi) is 4.58. The highest BCUT2D eigenvalue weighted by Gasteiger charge is 2.46. The number of alkyl halides is 3. The van der Waals surface area contributed by atoms with Gasteiger partial charge in [-0.15, -0.1) is 0 Å². The summed E-state index contributed by atoms with van der Waals surface area (Å²) >= 11 is 0. The lowest BCUT2D eigenvalue weighted by Crippen LogP contribution is -2.38. The lowest BCUT2D eigenvalue weighted by molar-refractivity contribution is -0.162. The van der Waals surface area contributed by atoms with E-state index in [1.165, 1.54) is 0 Å². The number of hydrogen-bond donors (Lipinski definition) is 1. The van der Waals surface area contributed by atoms with E-state index < -0.39 is 48.6 Å². The van der Waals surface area contributed by atoms with E-state index >= 15 is 0 Å². The SMILES string of the molecule is O=C1OC(CCC(F)(F)F)C(=O)C(O)=C1C(c1ccccc1)C1CC1. The third-order valence-electron chi connectivity index (χ3n) is 4.50. The van der Waals surface area contributed by atoms with E-state index in [9.17, 15) is 27.9 Å². The van der Waals surface area contributed by atoms with Gasteiger partial charge in [-0.3, -0.25) is 4.79 Å². The zero-order valence-electron chi connectivity index (χ0n) is 13.3. The smallest absolute Gasteiger partial charge is 0.389 e. The molecule has 0 saturated heterocycles. The van der Waals surface area contributed by atoms with E-state index in [1.807, 2.05) is 0 Å². The lowest BCUT2D eigenvalue weighted by atomic mass is 9.83. The number of ketones is 1. The van der Waals surface area contributed by atoms with Crippen LogP contribution in [-0.4, -0.2) is 29.1 Å². The van der Waals surface area contributed by atoms with Crippen LogP contribution in [0.25, 0.3) is 0 Å². The average molecular weight is 354 g/mol. The summed E-state index contributed by atoms with van der Waals surface area (Å²) in [6.07, 6.45) is -6.32. The maximum atomic E-state index is 12.4. The van der Waals surface area contributed by atoms with E-state index in [4.69, 9.17) is 4.74 Å². The summed E-state index contributed by atoms with van der Waals surface area (Å²) < 4.78 is 42.0. The first-order valence-electron chi connectivity index (χ1n) is 8.08. The molecule has 1 aromatic carbocycles. The molecule has 134 valence electrons. The normalized spacial score (nSPS) is 22.8. The largest absolute Gasteiger partial charge is 0.504 e. The number of carbonyl (C=O) groups is 2. The van der Waals surface area contributed by atoms with Crippen molar-refractivity contribution in [3.63, 3.8) is 0 Å². The van der Waals surface area contributed by atoms with E-state index in [-0.39, 0.29) is 11.5 Å². The molecule has 2 unspecified atom stereocenters. The van der Waals surface area contributed by atoms with Gasteiger partial charge in [0.25, 0.3) is 0 Å². The quantitative estimate of drug-likeness (QED) is 0.817. The van der Waals surface area contributed by atoms with Crippen molar-refractivity contribution in [1.82, 2.24) is 0 Å². The number of halogens is 3. The molecule has 1 aromatic rings. The fourth-order valence-corrected chi connectivity index (χ4v) is 3.15. The summed E-state index contributed by atoms with van der Waals surface area (Å²) in [4.78, 5) is 24.6. The second kappa shape index (κ2) is 6.54. The van der Waals surface area contributed by atoms with Crippen LogP contribution in [0.1, 0.15) is 37.2 Å². The molecule has 3 rings (SSSR count). The molecular formula is C18H17F3O4. The number of cyclic esters (lactones) is 1. The zero-order chi connectivity index (χ0) is 18.2. The Labute approximate surface area is 142 Å². The molecule has 7 heteroatoms. The summed E-state index contributed by atoms with van der Waals surface area (Å²) in [7, 11) is 0. The summed E-state index contributed by atoms with van der Waals surface area (Å²) in [6.45, 7) is 0. The molecule has 0 aromatic heterocycles. The first-order chi connectivity index (χ1) is 11.8. The van der Waals surface area contributed by atoms with Crippen molar-refractivity contribution >= 4 is 11.8 Å². The zero-order valence-corrected chi connectivity index (χ0v) is 13.3. The van der Waals surface area contributed by atoms with Gasteiger partial charge in [-0.05, 0) is 24.3 Å². The minimum absolute atomic E-state index is 0.103. The molecule has 1 heterocycles. The monoisotopic (exact) mass is 354 g/mol. The van der Waals surface area contributed by atoms with Gasteiger partial charge in [0, 0.05) is 18.8 Å². The van der Waals surface area contributed by atoms with Crippen molar-refractivity contribution in [2.24, 2.45) is 5.92 Å². The second-order valence-electron chi connectivity index (χ2n) is 6.40. The van der Waals surface area contributed by atoms with Crippen LogP contribution in [0, 0.1) is 5.92 Å². The van der Waals surface area contributed by atoms with E-state index in [2.05, 4.69) is 0 Å². The predicted octanol–water partition coefficient (Wildman–Crippen LogP) is 3.83. The van der Waals surface area contributed by atoms with E-state index in [1.54, 1.807) is 30.3 Å². The van der Waals surface area contributed by atoms with Crippen LogP contribution in [0.4, 0.5) is 13.2 Å². The third-order valence-corrected chi connectivity index (χ3v) is 4.50. The van der Waals surface area contributed by atoms with Crippen LogP contribution in [0.5, 0.6) is 0 Å². The molecule has 1 saturated carbocycles. The van der Waals surface area contributed by atoms with Crippen LogP contribution in [0.3, 0.4) is 0 Å². The number of benzene rings is 1. The number of hydrogen-bond acceptors (Lipinski definition) is 4. The number of aliphatic hydroxyl groups excluding tert-OH is 1. The molecule has 1 N–H and O–H groups in total. The Bertz CT molecular complexity index is 705. The molecule has 1 fully saturated rings. The highest BCUT2D eigenvalue weighted by atomic mass is 19.4. The van der Waals surface area contributed by atoms with Crippen LogP contribution in [-0.2, 0) is 14.3 Å². The maximum absolute atomic E-state index is 12.4. The number of esters is 1. The molecule has 0 bridgehead atoms. The Morgan fingerprint density at radius 3 is 2.36 bits per heavy atom. The first kappa shape index (κ1) is 17.5. The molecule has 1 aliphatic carbocycles. The predicted molar refractivity (Wildman–Crippen MR) is 81.7 cm³/mol. The van der Waals surface area contributed by atoms with Crippen molar-refractivity contribution in [2.75, 3.05) is 0 Å². The molecule has 0 spiro atoms. The van der Waals surface area contributed by atoms with Gasteiger partial charge < -0.3 is 9.84 Å². The standard InChI is InChI=1S/C18H17F3O4/c19-18(20,21)9-8-12-15(22)16(23)14(17(24)25-12)13(11-6-7-11)10-4-2-1-3-5-10/h1-5,11-13,23H,6-9H2. The van der Waals surface area contributed by atoms with Gasteiger partial charge in [0.2, 0.25) is 5.78 Å². The first-order valence-corrected chi connectivity index (χ1v) is 8.08. The summed E-state index contributed by atoms with van der Waals surface area (Å²) in [5, 5.41) is 10.3. The molecule has 25 heavy (non-hydrogen) atoms. The molecule has 4 nitrogen and oxygen atoms in total. The number of Topliss-reactive ketones (excluding diaryl/α,β-unsaturated/α-hetero) is 1. The van der Waals surface area contributed by atoms with E-state index in [0.717, 1.165) is 18.4 Å². The van der Waals surface area contributed by atoms with Gasteiger partial charge in [-0.25, -0.2) is 4.79 Å². The number of rotatable bonds is 5. The maximum Gasteiger partial charge on any atom is 0.389 e. The van der Waals surface area contributed by atoms with Crippen molar-refractivity contribution < 1.29 is 32.6 Å². The van der Waals surface area contributed by atoms with Crippen molar-refractivity contribution in [2.45, 2.75) is 43.9 Å². The summed E-state index contributed by atoms with van der Waals surface area (Å²) in [5.74, 6) is -3.01. The van der Waals surface area contributed by atoms with Gasteiger partial charge in [0.05, 0.1) is 5.57 Å². The number of aliphatic hydroxyl groups is 1. The van der Waals surface area contributed by atoms with Gasteiger partial charge in [-0.2, -0.15) is 13.2 Å². The molecule has 1 aliphatic heterocycles. The second-order valence-corrected chi connectivity index (χ2v) is 6.40. The van der Waals surface area contributed by atoms with Crippen LogP contribution < -0.4 is 0 Å². The molecular weight excluding hydrogens is 337 g/mol. The summed E-state index contributed by atoms with van der Waals surface area (Å²) in [6, 6.07) is 8.95. The van der Waals surface area contributed by atoms with Gasteiger partial charge in [0.1, 0.15) is 0 Å². The fourth-order valence-electron chi connectivity index (χ4n) is 3.15. The van der Waals surface area contributed by atoms with Crippen LogP contribution in [0.15, 0.2) is 41.7 Å². The third kappa shape index (κ3) is 3.86. The van der Waals surface area contributed by atoms with Gasteiger partial charge >= 0.3 is 12.1 Å². The van der Waals surface area contributed by atoms with Crippen molar-refractivity contribution in [3.05, 3.63) is 47.2 Å². The number of carbonyl (C=O) groups excluding carboxylic acids is 2. The summed E-state index contributed by atoms with van der Waals surface area (Å²) in [5.41, 5.74) is 0.631. The highest BCUT2D eigenvalue weighted by molar-refractivity contribution is 6.09. The molecule has 0 radical (unpaired) electrons. The molecule has 2 aliphatic rings. The molecule has 0 amide bonds. The Morgan fingerprint density at radius 1 is 1.16 bits per heavy atom. The Hall–Kier alpha value is -2.31. The van der Waals surface area contributed by atoms with Gasteiger partial charge in [-0.1, -0.05) is 30.3 Å².